The van der Waals surface area contributed by atoms with Crippen molar-refractivity contribution in [3.05, 3.63) is 17.0 Å². The third-order valence-electron chi connectivity index (χ3n) is 3.30. The van der Waals surface area contributed by atoms with E-state index in [9.17, 15) is 8.42 Å². The topological polar surface area (TPSA) is 49.4 Å². The highest BCUT2D eigenvalue weighted by Crippen LogP contribution is 2.25. The second-order valence-electron chi connectivity index (χ2n) is 5.73. The summed E-state index contributed by atoms with van der Waals surface area (Å²) in [7, 11) is -1.65. The van der Waals surface area contributed by atoms with Gasteiger partial charge in [0.15, 0.2) is 0 Å². The van der Waals surface area contributed by atoms with Gasteiger partial charge in [-0.3, -0.25) is 0 Å². The van der Waals surface area contributed by atoms with Crippen LogP contribution in [0.4, 0.5) is 0 Å². The normalized spacial score (nSPS) is 12.5. The first-order valence-corrected chi connectivity index (χ1v) is 9.89. The van der Waals surface area contributed by atoms with Crippen molar-refractivity contribution in [2.75, 3.05) is 26.7 Å². The number of hydrogen-bond donors (Lipinski definition) is 1. The maximum Gasteiger partial charge on any atom is 0.252 e. The molecule has 1 aromatic rings. The van der Waals surface area contributed by atoms with Crippen LogP contribution in [0.15, 0.2) is 16.3 Å². The molecule has 0 saturated heterocycles. The Bertz CT molecular complexity index is 509. The first kappa shape index (κ1) is 18.6. The lowest BCUT2D eigenvalue weighted by Gasteiger charge is -2.17. The minimum absolute atomic E-state index is 0.458. The van der Waals surface area contributed by atoms with E-state index in [1.54, 1.807) is 13.1 Å². The van der Waals surface area contributed by atoms with Crippen LogP contribution in [0.2, 0.25) is 0 Å². The first-order valence-electron chi connectivity index (χ1n) is 7.63. The summed E-state index contributed by atoms with van der Waals surface area (Å²) < 4.78 is 26.8. The third kappa shape index (κ3) is 6.06. The largest absolute Gasteiger partial charge is 0.316 e. The Kier molecular flexibility index (Phi) is 7.87. The van der Waals surface area contributed by atoms with Crippen LogP contribution in [-0.2, 0) is 16.4 Å². The van der Waals surface area contributed by atoms with Crippen molar-refractivity contribution < 1.29 is 8.42 Å². The summed E-state index contributed by atoms with van der Waals surface area (Å²) in [6.45, 7) is 8.83. The highest BCUT2D eigenvalue weighted by atomic mass is 32.2. The van der Waals surface area contributed by atoms with Crippen molar-refractivity contribution in [2.24, 2.45) is 5.92 Å². The number of thiophene rings is 1. The van der Waals surface area contributed by atoms with E-state index in [0.29, 0.717) is 16.7 Å². The van der Waals surface area contributed by atoms with E-state index in [2.05, 4.69) is 26.1 Å². The van der Waals surface area contributed by atoms with Crippen molar-refractivity contribution in [1.82, 2.24) is 9.62 Å². The molecule has 21 heavy (non-hydrogen) atoms. The summed E-state index contributed by atoms with van der Waals surface area (Å²) in [5.74, 6) is 0.506. The lowest BCUT2D eigenvalue weighted by atomic mass is 10.1. The molecular weight excluding hydrogens is 304 g/mol. The molecule has 1 aromatic heterocycles. The van der Waals surface area contributed by atoms with Crippen LogP contribution in [0.25, 0.3) is 0 Å². The van der Waals surface area contributed by atoms with Crippen molar-refractivity contribution in [2.45, 2.75) is 44.2 Å². The van der Waals surface area contributed by atoms with E-state index in [0.717, 1.165) is 37.2 Å². The van der Waals surface area contributed by atoms with Gasteiger partial charge in [-0.2, -0.15) is 0 Å². The summed E-state index contributed by atoms with van der Waals surface area (Å²) in [6.07, 6.45) is 2.88. The quantitative estimate of drug-likeness (QED) is 0.670. The minimum atomic E-state index is -3.32. The fourth-order valence-corrected chi connectivity index (χ4v) is 4.61. The summed E-state index contributed by atoms with van der Waals surface area (Å²) in [4.78, 5) is 1.12. The molecule has 1 heterocycles. The highest BCUT2D eigenvalue weighted by molar-refractivity contribution is 7.91. The number of nitrogens with zero attached hydrogens (tertiary/aromatic N) is 1. The van der Waals surface area contributed by atoms with Crippen LogP contribution < -0.4 is 5.32 Å². The Hall–Kier alpha value is -0.430. The minimum Gasteiger partial charge on any atom is -0.316 e. The standard InChI is InChI=1S/C15H28N2O2S2/c1-5-10-16-11-8-14-6-7-15(20-14)21(18,19)17(4)12-9-13(2)3/h6-7,13,16H,5,8-12H2,1-4H3. The predicted octanol–water partition coefficient (Wildman–Crippen LogP) is 2.96. The fraction of sp³-hybridized carbons (Fsp3) is 0.733. The van der Waals surface area contributed by atoms with E-state index >= 15 is 0 Å². The highest BCUT2D eigenvalue weighted by Gasteiger charge is 2.22. The van der Waals surface area contributed by atoms with Gasteiger partial charge in [-0.1, -0.05) is 20.8 Å². The summed E-state index contributed by atoms with van der Waals surface area (Å²) >= 11 is 1.39. The SMILES string of the molecule is CCCNCCc1ccc(S(=O)(=O)N(C)CCC(C)C)s1. The molecule has 122 valence electrons. The van der Waals surface area contributed by atoms with Crippen molar-refractivity contribution in [3.8, 4) is 0 Å². The second kappa shape index (κ2) is 8.88. The van der Waals surface area contributed by atoms with Crippen molar-refractivity contribution in [1.29, 1.82) is 0 Å². The first-order chi connectivity index (χ1) is 9.87. The number of sulfonamides is 1. The van der Waals surface area contributed by atoms with Gasteiger partial charge in [-0.25, -0.2) is 12.7 Å². The third-order valence-corrected chi connectivity index (χ3v) is 6.77. The zero-order chi connectivity index (χ0) is 15.9. The van der Waals surface area contributed by atoms with Gasteiger partial charge < -0.3 is 5.32 Å². The van der Waals surface area contributed by atoms with E-state index in [1.807, 2.05) is 6.07 Å². The summed E-state index contributed by atoms with van der Waals surface area (Å²) in [5.41, 5.74) is 0. The van der Waals surface area contributed by atoms with Gasteiger partial charge in [0.2, 0.25) is 0 Å². The van der Waals surface area contributed by atoms with Gasteiger partial charge in [-0.15, -0.1) is 11.3 Å². The summed E-state index contributed by atoms with van der Waals surface area (Å²) in [5, 5.41) is 3.33. The average Bonchev–Trinajstić information content (AvgIpc) is 2.90. The predicted molar refractivity (Wildman–Crippen MR) is 90.5 cm³/mol. The van der Waals surface area contributed by atoms with Crippen LogP contribution in [0, 0.1) is 5.92 Å². The van der Waals surface area contributed by atoms with Gasteiger partial charge in [0.1, 0.15) is 4.21 Å². The van der Waals surface area contributed by atoms with Crippen LogP contribution in [0.5, 0.6) is 0 Å². The second-order valence-corrected chi connectivity index (χ2v) is 9.17. The molecular formula is C15H28N2O2S2. The van der Waals surface area contributed by atoms with Gasteiger partial charge in [0.25, 0.3) is 10.0 Å². The number of nitrogens with one attached hydrogen (secondary N) is 1. The molecule has 0 unspecified atom stereocenters. The lowest BCUT2D eigenvalue weighted by molar-refractivity contribution is 0.429. The zero-order valence-electron chi connectivity index (χ0n) is 13.6. The zero-order valence-corrected chi connectivity index (χ0v) is 15.2. The van der Waals surface area contributed by atoms with Crippen molar-refractivity contribution >= 4 is 21.4 Å². The molecule has 0 aliphatic carbocycles. The Morgan fingerprint density at radius 2 is 2.00 bits per heavy atom. The molecule has 0 radical (unpaired) electrons. The van der Waals surface area contributed by atoms with E-state index < -0.39 is 10.0 Å². The van der Waals surface area contributed by atoms with Gasteiger partial charge >= 0.3 is 0 Å². The lowest BCUT2D eigenvalue weighted by Crippen LogP contribution is -2.28. The number of hydrogen-bond acceptors (Lipinski definition) is 4. The molecule has 0 aliphatic rings. The Morgan fingerprint density at radius 3 is 2.62 bits per heavy atom. The van der Waals surface area contributed by atoms with Crippen LogP contribution in [-0.4, -0.2) is 39.4 Å². The molecule has 0 bridgehead atoms. The Balaban J connectivity index is 2.61. The maximum absolute atomic E-state index is 12.5. The molecule has 1 rings (SSSR count). The number of rotatable bonds is 10. The van der Waals surface area contributed by atoms with Gasteiger partial charge in [-0.05, 0) is 50.4 Å². The van der Waals surface area contributed by atoms with E-state index in [4.69, 9.17) is 0 Å². The van der Waals surface area contributed by atoms with Gasteiger partial charge in [0, 0.05) is 18.5 Å². The molecule has 0 spiro atoms. The molecule has 1 N–H and O–H groups in total. The Morgan fingerprint density at radius 1 is 1.29 bits per heavy atom. The molecule has 0 atom stereocenters. The summed E-state index contributed by atoms with van der Waals surface area (Å²) in [6, 6.07) is 3.67. The molecule has 0 aromatic carbocycles. The monoisotopic (exact) mass is 332 g/mol. The average molecular weight is 333 g/mol. The molecule has 0 amide bonds. The molecule has 0 fully saturated rings. The van der Waals surface area contributed by atoms with Crippen molar-refractivity contribution in [3.63, 3.8) is 0 Å². The molecule has 4 nitrogen and oxygen atoms in total. The van der Waals surface area contributed by atoms with Gasteiger partial charge in [0.05, 0.1) is 0 Å². The Labute approximate surface area is 133 Å². The van der Waals surface area contributed by atoms with Crippen LogP contribution >= 0.6 is 11.3 Å². The molecule has 6 heteroatoms. The molecule has 0 saturated carbocycles. The van der Waals surface area contributed by atoms with Crippen LogP contribution in [0.1, 0.15) is 38.5 Å². The van der Waals surface area contributed by atoms with E-state index in [1.165, 1.54) is 15.6 Å². The van der Waals surface area contributed by atoms with Crippen LogP contribution in [0.3, 0.4) is 0 Å². The fourth-order valence-electron chi connectivity index (χ4n) is 1.86. The maximum atomic E-state index is 12.5. The van der Waals surface area contributed by atoms with E-state index in [-0.39, 0.29) is 0 Å². The molecule has 0 aliphatic heterocycles. The smallest absolute Gasteiger partial charge is 0.252 e.